The van der Waals surface area contributed by atoms with E-state index < -0.39 is 0 Å². The molecule has 0 unspecified atom stereocenters. The minimum atomic E-state index is -0.0942. The lowest BCUT2D eigenvalue weighted by Gasteiger charge is -2.38. The SMILES string of the molecule is Cc1cccc(NC(=O)N2CCN(C(=O)C3CCN(Cc4csc(C)n4)CC3)CC2)c1. The van der Waals surface area contributed by atoms with Gasteiger partial charge in [0.2, 0.25) is 5.91 Å². The zero-order valence-corrected chi connectivity index (χ0v) is 19.2. The number of likely N-dealkylation sites (tertiary alicyclic amines) is 1. The van der Waals surface area contributed by atoms with Gasteiger partial charge in [0.15, 0.2) is 0 Å². The third kappa shape index (κ3) is 5.62. The number of hydrogen-bond donors (Lipinski definition) is 1. The van der Waals surface area contributed by atoms with Gasteiger partial charge in [0.05, 0.1) is 10.7 Å². The van der Waals surface area contributed by atoms with Crippen molar-refractivity contribution < 1.29 is 9.59 Å². The number of piperazine rings is 1. The average Bonchev–Trinajstić information content (AvgIpc) is 3.18. The maximum atomic E-state index is 13.0. The lowest BCUT2D eigenvalue weighted by molar-refractivity contribution is -0.138. The fourth-order valence-corrected chi connectivity index (χ4v) is 4.97. The number of carbonyl (C=O) groups is 2. The van der Waals surface area contributed by atoms with E-state index in [0.29, 0.717) is 26.2 Å². The number of benzene rings is 1. The predicted octanol–water partition coefficient (Wildman–Crippen LogP) is 3.35. The van der Waals surface area contributed by atoms with Crippen LogP contribution < -0.4 is 5.32 Å². The van der Waals surface area contributed by atoms with Crippen LogP contribution in [0.25, 0.3) is 0 Å². The van der Waals surface area contributed by atoms with E-state index in [1.165, 1.54) is 0 Å². The van der Waals surface area contributed by atoms with Crippen molar-refractivity contribution in [1.82, 2.24) is 19.7 Å². The molecule has 31 heavy (non-hydrogen) atoms. The molecule has 1 N–H and O–H groups in total. The number of nitrogens with one attached hydrogen (secondary N) is 1. The first-order valence-electron chi connectivity index (χ1n) is 11.0. The topological polar surface area (TPSA) is 68.8 Å². The highest BCUT2D eigenvalue weighted by Crippen LogP contribution is 2.22. The summed E-state index contributed by atoms with van der Waals surface area (Å²) < 4.78 is 0. The van der Waals surface area contributed by atoms with Crippen LogP contribution in [-0.4, -0.2) is 70.9 Å². The molecule has 0 bridgehead atoms. The van der Waals surface area contributed by atoms with Gasteiger partial charge in [-0.3, -0.25) is 9.69 Å². The highest BCUT2D eigenvalue weighted by atomic mass is 32.1. The van der Waals surface area contributed by atoms with Crippen LogP contribution in [-0.2, 0) is 11.3 Å². The number of carbonyl (C=O) groups excluding carboxylic acids is 2. The summed E-state index contributed by atoms with van der Waals surface area (Å²) in [6.45, 7) is 9.15. The van der Waals surface area contributed by atoms with Crippen LogP contribution in [0.4, 0.5) is 10.5 Å². The van der Waals surface area contributed by atoms with Gasteiger partial charge in [-0.25, -0.2) is 9.78 Å². The number of anilines is 1. The number of amides is 3. The van der Waals surface area contributed by atoms with E-state index in [1.54, 1.807) is 16.2 Å². The van der Waals surface area contributed by atoms with Crippen molar-refractivity contribution in [3.8, 4) is 0 Å². The molecule has 2 saturated heterocycles. The minimum Gasteiger partial charge on any atom is -0.339 e. The molecule has 2 aromatic rings. The van der Waals surface area contributed by atoms with Crippen LogP contribution in [0.1, 0.15) is 29.1 Å². The molecular weight excluding hydrogens is 410 g/mol. The number of urea groups is 1. The van der Waals surface area contributed by atoms with Crippen molar-refractivity contribution in [3.63, 3.8) is 0 Å². The van der Waals surface area contributed by atoms with E-state index in [1.807, 2.05) is 43.0 Å². The van der Waals surface area contributed by atoms with Gasteiger partial charge >= 0.3 is 6.03 Å². The number of rotatable bonds is 4. The Balaban J connectivity index is 1.21. The second-order valence-corrected chi connectivity index (χ2v) is 9.58. The largest absolute Gasteiger partial charge is 0.339 e. The molecule has 3 amide bonds. The summed E-state index contributed by atoms with van der Waals surface area (Å²) in [7, 11) is 0. The monoisotopic (exact) mass is 441 g/mol. The van der Waals surface area contributed by atoms with Crippen LogP contribution in [0.5, 0.6) is 0 Å². The van der Waals surface area contributed by atoms with E-state index in [0.717, 1.165) is 54.4 Å². The number of aryl methyl sites for hydroxylation is 2. The molecule has 0 radical (unpaired) electrons. The Morgan fingerprint density at radius 3 is 2.42 bits per heavy atom. The third-order valence-corrected chi connectivity index (χ3v) is 6.96. The minimum absolute atomic E-state index is 0.0942. The third-order valence-electron chi connectivity index (χ3n) is 6.14. The zero-order chi connectivity index (χ0) is 21.8. The van der Waals surface area contributed by atoms with E-state index in [2.05, 4.69) is 20.6 Å². The molecule has 2 aliphatic rings. The first kappa shape index (κ1) is 21.8. The Bertz CT molecular complexity index is 914. The highest BCUT2D eigenvalue weighted by molar-refractivity contribution is 7.09. The smallest absolute Gasteiger partial charge is 0.321 e. The first-order valence-corrected chi connectivity index (χ1v) is 11.9. The fraction of sp³-hybridized carbons (Fsp3) is 0.522. The molecule has 2 fully saturated rings. The molecule has 0 atom stereocenters. The van der Waals surface area contributed by atoms with Gasteiger partial charge in [-0.2, -0.15) is 0 Å². The number of hydrogen-bond acceptors (Lipinski definition) is 5. The highest BCUT2D eigenvalue weighted by Gasteiger charge is 2.31. The van der Waals surface area contributed by atoms with Crippen molar-refractivity contribution >= 4 is 29.0 Å². The van der Waals surface area contributed by atoms with Crippen molar-refractivity contribution in [2.24, 2.45) is 5.92 Å². The van der Waals surface area contributed by atoms with Gasteiger partial charge in [0.25, 0.3) is 0 Å². The van der Waals surface area contributed by atoms with Gasteiger partial charge in [-0.15, -0.1) is 11.3 Å². The molecule has 8 heteroatoms. The zero-order valence-electron chi connectivity index (χ0n) is 18.3. The molecule has 0 aliphatic carbocycles. The second kappa shape index (κ2) is 9.78. The summed E-state index contributed by atoms with van der Waals surface area (Å²) >= 11 is 1.69. The molecule has 3 heterocycles. The van der Waals surface area contributed by atoms with Crippen molar-refractivity contribution in [1.29, 1.82) is 0 Å². The number of thiazole rings is 1. The predicted molar refractivity (Wildman–Crippen MR) is 123 cm³/mol. The summed E-state index contributed by atoms with van der Waals surface area (Å²) in [5, 5.41) is 6.19. The normalized spacial score (nSPS) is 18.3. The Morgan fingerprint density at radius 1 is 1.06 bits per heavy atom. The van der Waals surface area contributed by atoms with E-state index in [-0.39, 0.29) is 17.9 Å². The second-order valence-electron chi connectivity index (χ2n) is 8.52. The van der Waals surface area contributed by atoms with Crippen LogP contribution in [0, 0.1) is 19.8 Å². The van der Waals surface area contributed by atoms with Gasteiger partial charge in [-0.05, 0) is 57.5 Å². The molecule has 7 nitrogen and oxygen atoms in total. The molecule has 1 aromatic carbocycles. The van der Waals surface area contributed by atoms with Gasteiger partial charge < -0.3 is 15.1 Å². The quantitative estimate of drug-likeness (QED) is 0.790. The van der Waals surface area contributed by atoms with Crippen LogP contribution in [0.15, 0.2) is 29.6 Å². The molecule has 166 valence electrons. The molecular formula is C23H31N5O2S. The van der Waals surface area contributed by atoms with E-state index >= 15 is 0 Å². The van der Waals surface area contributed by atoms with Gasteiger partial charge in [-0.1, -0.05) is 12.1 Å². The Labute approximate surface area is 188 Å². The summed E-state index contributed by atoms with van der Waals surface area (Å²) in [5.74, 6) is 0.351. The van der Waals surface area contributed by atoms with Crippen LogP contribution >= 0.6 is 11.3 Å². The number of piperidine rings is 1. The standard InChI is InChI=1S/C23H31N5O2S/c1-17-4-3-5-20(14-17)25-23(30)28-12-10-27(11-13-28)22(29)19-6-8-26(9-7-19)15-21-16-31-18(2)24-21/h3-5,14,16,19H,6-13,15H2,1-2H3,(H,25,30). The first-order chi connectivity index (χ1) is 15.0. The summed E-state index contributed by atoms with van der Waals surface area (Å²) in [4.78, 5) is 36.2. The number of nitrogens with zero attached hydrogens (tertiary/aromatic N) is 4. The Morgan fingerprint density at radius 2 is 1.77 bits per heavy atom. The van der Waals surface area contributed by atoms with Crippen LogP contribution in [0.3, 0.4) is 0 Å². The van der Waals surface area contributed by atoms with Crippen molar-refractivity contribution in [2.45, 2.75) is 33.2 Å². The maximum absolute atomic E-state index is 13.0. The summed E-state index contributed by atoms with van der Waals surface area (Å²) in [6.07, 6.45) is 1.80. The summed E-state index contributed by atoms with van der Waals surface area (Å²) in [6, 6.07) is 7.70. The lowest BCUT2D eigenvalue weighted by atomic mass is 9.95. The number of aromatic nitrogens is 1. The van der Waals surface area contributed by atoms with E-state index in [4.69, 9.17) is 0 Å². The Kier molecular flexibility index (Phi) is 6.87. The molecule has 0 saturated carbocycles. The van der Waals surface area contributed by atoms with E-state index in [9.17, 15) is 9.59 Å². The van der Waals surface area contributed by atoms with Gasteiger partial charge in [0.1, 0.15) is 0 Å². The summed E-state index contributed by atoms with van der Waals surface area (Å²) in [5.41, 5.74) is 3.05. The van der Waals surface area contributed by atoms with Crippen molar-refractivity contribution in [3.05, 3.63) is 45.9 Å². The molecule has 1 aromatic heterocycles. The average molecular weight is 442 g/mol. The maximum Gasteiger partial charge on any atom is 0.321 e. The molecule has 2 aliphatic heterocycles. The molecule has 4 rings (SSSR count). The Hall–Kier alpha value is -2.45. The fourth-order valence-electron chi connectivity index (χ4n) is 4.36. The van der Waals surface area contributed by atoms with Gasteiger partial charge in [0, 0.05) is 49.7 Å². The lowest BCUT2D eigenvalue weighted by Crippen LogP contribution is -2.53. The molecule has 0 spiro atoms. The van der Waals surface area contributed by atoms with Crippen molar-refractivity contribution in [2.75, 3.05) is 44.6 Å². The van der Waals surface area contributed by atoms with Crippen LogP contribution in [0.2, 0.25) is 0 Å².